The molecule has 1 aromatic rings. The van der Waals surface area contributed by atoms with E-state index in [2.05, 4.69) is 43.5 Å². The summed E-state index contributed by atoms with van der Waals surface area (Å²) in [5.41, 5.74) is 0.900. The van der Waals surface area contributed by atoms with Crippen LogP contribution in [0.2, 0.25) is 0 Å². The van der Waals surface area contributed by atoms with E-state index in [0.717, 1.165) is 30.4 Å². The van der Waals surface area contributed by atoms with Crippen LogP contribution in [-0.2, 0) is 0 Å². The van der Waals surface area contributed by atoms with Gasteiger partial charge in [0.05, 0.1) is 12.2 Å². The smallest absolute Gasteiger partial charge is 0.191 e. The number of nitrogens with one attached hydrogen (secondary N) is 2. The third-order valence-electron chi connectivity index (χ3n) is 3.83. The van der Waals surface area contributed by atoms with Gasteiger partial charge in [-0.3, -0.25) is 4.99 Å². The zero-order valence-corrected chi connectivity index (χ0v) is 18.0. The Labute approximate surface area is 165 Å². The summed E-state index contributed by atoms with van der Waals surface area (Å²) in [6, 6.07) is 7.60. The van der Waals surface area contributed by atoms with Crippen molar-refractivity contribution >= 4 is 5.96 Å². The van der Waals surface area contributed by atoms with Crippen LogP contribution in [0.1, 0.15) is 46.3 Å². The Morgan fingerprint density at radius 2 is 1.96 bits per heavy atom. The SMILES string of the molecule is CCNC(=NCC(C)(C)CN(C)C)NCC(O)c1cccc(OC(C)C)c1. The second-order valence-electron chi connectivity index (χ2n) is 8.23. The van der Waals surface area contributed by atoms with Gasteiger partial charge >= 0.3 is 0 Å². The summed E-state index contributed by atoms with van der Waals surface area (Å²) in [6.07, 6.45) is -0.534. The molecule has 0 aliphatic rings. The number of aliphatic imine (C=N–C) groups is 1. The van der Waals surface area contributed by atoms with Crippen LogP contribution in [-0.4, -0.2) is 62.3 Å². The number of guanidine groups is 1. The summed E-state index contributed by atoms with van der Waals surface area (Å²) >= 11 is 0. The first kappa shape index (κ1) is 23.2. The zero-order valence-electron chi connectivity index (χ0n) is 18.0. The normalized spacial score (nSPS) is 13.8. The summed E-state index contributed by atoms with van der Waals surface area (Å²) in [7, 11) is 4.14. The molecule has 1 rings (SSSR count). The van der Waals surface area contributed by atoms with Gasteiger partial charge in [0, 0.05) is 26.2 Å². The molecule has 0 aromatic heterocycles. The van der Waals surface area contributed by atoms with Crippen molar-refractivity contribution in [3.05, 3.63) is 29.8 Å². The molecule has 0 heterocycles. The summed E-state index contributed by atoms with van der Waals surface area (Å²) < 4.78 is 5.71. The van der Waals surface area contributed by atoms with Gasteiger partial charge in [-0.2, -0.15) is 0 Å². The highest BCUT2D eigenvalue weighted by atomic mass is 16.5. The highest BCUT2D eigenvalue weighted by Gasteiger charge is 2.19. The van der Waals surface area contributed by atoms with Crippen molar-refractivity contribution < 1.29 is 9.84 Å². The lowest BCUT2D eigenvalue weighted by molar-refractivity contribution is 0.179. The Hall–Kier alpha value is -1.79. The van der Waals surface area contributed by atoms with Crippen molar-refractivity contribution in [1.82, 2.24) is 15.5 Å². The molecule has 0 fully saturated rings. The molecule has 0 aliphatic heterocycles. The van der Waals surface area contributed by atoms with Crippen LogP contribution in [0.3, 0.4) is 0 Å². The molecule has 1 atom stereocenters. The third-order valence-corrected chi connectivity index (χ3v) is 3.83. The number of benzene rings is 1. The summed E-state index contributed by atoms with van der Waals surface area (Å²) in [5.74, 6) is 1.49. The summed E-state index contributed by atoms with van der Waals surface area (Å²) in [5, 5.41) is 17.0. The van der Waals surface area contributed by atoms with Gasteiger partial charge in [0.2, 0.25) is 0 Å². The second-order valence-corrected chi connectivity index (χ2v) is 8.23. The highest BCUT2D eigenvalue weighted by Crippen LogP contribution is 2.20. The van der Waals surface area contributed by atoms with E-state index in [-0.39, 0.29) is 11.5 Å². The number of nitrogens with zero attached hydrogens (tertiary/aromatic N) is 2. The molecule has 6 nitrogen and oxygen atoms in total. The third kappa shape index (κ3) is 9.63. The first-order valence-corrected chi connectivity index (χ1v) is 9.74. The lowest BCUT2D eigenvalue weighted by Gasteiger charge is -2.27. The average molecular weight is 379 g/mol. The molecule has 0 aliphatic carbocycles. The van der Waals surface area contributed by atoms with E-state index >= 15 is 0 Å². The van der Waals surface area contributed by atoms with Crippen LogP contribution in [0.15, 0.2) is 29.3 Å². The molecule has 3 N–H and O–H groups in total. The van der Waals surface area contributed by atoms with Crippen LogP contribution < -0.4 is 15.4 Å². The largest absolute Gasteiger partial charge is 0.491 e. The van der Waals surface area contributed by atoms with Gasteiger partial charge < -0.3 is 25.4 Å². The van der Waals surface area contributed by atoms with Gasteiger partial charge in [0.1, 0.15) is 5.75 Å². The molecule has 1 aromatic carbocycles. The number of aliphatic hydroxyl groups excluding tert-OH is 1. The average Bonchev–Trinajstić information content (AvgIpc) is 2.55. The topological polar surface area (TPSA) is 69.1 Å². The number of hydrogen-bond donors (Lipinski definition) is 3. The fourth-order valence-corrected chi connectivity index (χ4v) is 2.92. The molecule has 0 saturated heterocycles. The number of aliphatic hydroxyl groups is 1. The first-order chi connectivity index (χ1) is 12.6. The lowest BCUT2D eigenvalue weighted by atomic mass is 9.93. The van der Waals surface area contributed by atoms with Gasteiger partial charge in [-0.1, -0.05) is 26.0 Å². The molecular formula is C21H38N4O2. The quantitative estimate of drug-likeness (QED) is 0.431. The Balaban J connectivity index is 2.69. The fraction of sp³-hybridized carbons (Fsp3) is 0.667. The van der Waals surface area contributed by atoms with Crippen molar-refractivity contribution in [2.45, 2.75) is 46.8 Å². The summed E-state index contributed by atoms with van der Waals surface area (Å²) in [6.45, 7) is 13.2. The van der Waals surface area contributed by atoms with E-state index < -0.39 is 6.10 Å². The monoisotopic (exact) mass is 378 g/mol. The standard InChI is InChI=1S/C21H38N4O2/c1-8-22-20(24-14-21(4,5)15-25(6)7)23-13-19(26)17-10-9-11-18(12-17)27-16(2)3/h9-12,16,19,26H,8,13-15H2,1-7H3,(H2,22,23,24). The minimum Gasteiger partial charge on any atom is -0.491 e. The Morgan fingerprint density at radius 1 is 1.26 bits per heavy atom. The maximum Gasteiger partial charge on any atom is 0.191 e. The van der Waals surface area contributed by atoms with Crippen molar-refractivity contribution in [2.75, 3.05) is 40.3 Å². The van der Waals surface area contributed by atoms with E-state index in [1.165, 1.54) is 0 Å². The van der Waals surface area contributed by atoms with E-state index in [1.807, 2.05) is 45.0 Å². The minimum atomic E-state index is -0.639. The van der Waals surface area contributed by atoms with Crippen molar-refractivity contribution in [3.8, 4) is 5.75 Å². The van der Waals surface area contributed by atoms with Crippen molar-refractivity contribution in [3.63, 3.8) is 0 Å². The lowest BCUT2D eigenvalue weighted by Crippen LogP contribution is -2.40. The van der Waals surface area contributed by atoms with Crippen LogP contribution in [0.4, 0.5) is 0 Å². The van der Waals surface area contributed by atoms with Gasteiger partial charge in [-0.15, -0.1) is 0 Å². The van der Waals surface area contributed by atoms with Crippen LogP contribution >= 0.6 is 0 Å². The van der Waals surface area contributed by atoms with Crippen molar-refractivity contribution in [1.29, 1.82) is 0 Å². The molecule has 1 unspecified atom stereocenters. The van der Waals surface area contributed by atoms with E-state index in [9.17, 15) is 5.11 Å². The highest BCUT2D eigenvalue weighted by molar-refractivity contribution is 5.79. The molecule has 154 valence electrons. The molecule has 27 heavy (non-hydrogen) atoms. The van der Waals surface area contributed by atoms with Gasteiger partial charge in [-0.25, -0.2) is 0 Å². The molecule has 0 bridgehead atoms. The van der Waals surface area contributed by atoms with E-state index in [1.54, 1.807) is 0 Å². The number of ether oxygens (including phenoxy) is 1. The van der Waals surface area contributed by atoms with Gasteiger partial charge in [-0.05, 0) is 58.0 Å². The maximum atomic E-state index is 10.5. The molecule has 6 heteroatoms. The van der Waals surface area contributed by atoms with E-state index in [4.69, 9.17) is 9.73 Å². The molecule has 0 saturated carbocycles. The van der Waals surface area contributed by atoms with Crippen LogP contribution in [0, 0.1) is 5.41 Å². The minimum absolute atomic E-state index is 0.0764. The van der Waals surface area contributed by atoms with E-state index in [0.29, 0.717) is 13.1 Å². The molecule has 0 radical (unpaired) electrons. The van der Waals surface area contributed by atoms with Gasteiger partial charge in [0.25, 0.3) is 0 Å². The predicted molar refractivity (Wildman–Crippen MR) is 113 cm³/mol. The first-order valence-electron chi connectivity index (χ1n) is 9.74. The maximum absolute atomic E-state index is 10.5. The molecular weight excluding hydrogens is 340 g/mol. The number of hydrogen-bond acceptors (Lipinski definition) is 4. The second kappa shape index (κ2) is 11.1. The summed E-state index contributed by atoms with van der Waals surface area (Å²) in [4.78, 5) is 6.87. The van der Waals surface area contributed by atoms with Crippen LogP contribution in [0.25, 0.3) is 0 Å². The Morgan fingerprint density at radius 3 is 2.56 bits per heavy atom. The Kier molecular flexibility index (Phi) is 9.60. The zero-order chi connectivity index (χ0) is 20.4. The number of rotatable bonds is 10. The molecule has 0 spiro atoms. The fourth-order valence-electron chi connectivity index (χ4n) is 2.92. The van der Waals surface area contributed by atoms with Gasteiger partial charge in [0.15, 0.2) is 5.96 Å². The van der Waals surface area contributed by atoms with Crippen molar-refractivity contribution in [2.24, 2.45) is 10.4 Å². The Bertz CT molecular complexity index is 585. The predicted octanol–water partition coefficient (Wildman–Crippen LogP) is 2.65. The molecule has 0 amide bonds. The van der Waals surface area contributed by atoms with Crippen LogP contribution in [0.5, 0.6) is 5.75 Å².